The molecule has 0 aliphatic carbocycles. The first-order valence-corrected chi connectivity index (χ1v) is 5.44. The molecule has 0 aliphatic rings. The Morgan fingerprint density at radius 3 is 1.25 bits per heavy atom. The van der Waals surface area contributed by atoms with Gasteiger partial charge in [0.25, 0.3) is 0 Å². The third kappa shape index (κ3) is 9.24. The molecule has 4 nitrogen and oxygen atoms in total. The topological polar surface area (TPSA) is 68.3 Å². The monoisotopic (exact) mass is 226 g/mol. The molecule has 0 aromatic rings. The maximum atomic E-state index is 11.1. The van der Waals surface area contributed by atoms with E-state index in [1.165, 1.54) is 13.8 Å². The molecule has 0 heterocycles. The van der Waals surface area contributed by atoms with Gasteiger partial charge in [-0.15, -0.1) is 0 Å². The third-order valence-corrected chi connectivity index (χ3v) is 2.05. The van der Waals surface area contributed by atoms with E-state index in [1.54, 1.807) is 0 Å². The van der Waals surface area contributed by atoms with Gasteiger partial charge >= 0.3 is 0 Å². The van der Waals surface area contributed by atoms with Crippen LogP contribution in [-0.2, 0) is 19.2 Å². The number of Topliss-reactive ketones (excluding diaryl/α,β-unsaturated/α-hetero) is 4. The zero-order valence-electron chi connectivity index (χ0n) is 9.88. The number of carbonyl (C=O) groups is 4. The summed E-state index contributed by atoms with van der Waals surface area (Å²) >= 11 is 0. The molecule has 0 N–H and O–H groups in total. The van der Waals surface area contributed by atoms with Crippen molar-refractivity contribution >= 4 is 23.1 Å². The van der Waals surface area contributed by atoms with Crippen molar-refractivity contribution in [3.05, 3.63) is 0 Å². The van der Waals surface area contributed by atoms with E-state index in [-0.39, 0.29) is 36.0 Å². The second-order valence-electron chi connectivity index (χ2n) is 4.04. The molecule has 0 aromatic carbocycles. The smallest absolute Gasteiger partial charge is 0.140 e. The zero-order valence-corrected chi connectivity index (χ0v) is 9.88. The van der Waals surface area contributed by atoms with Crippen molar-refractivity contribution in [3.8, 4) is 0 Å². The number of unbranched alkanes of at least 4 members (excludes halogenated alkanes) is 1. The van der Waals surface area contributed by atoms with E-state index in [9.17, 15) is 19.2 Å². The minimum atomic E-state index is -0.127. The highest BCUT2D eigenvalue weighted by molar-refractivity contribution is 5.98. The van der Waals surface area contributed by atoms with Gasteiger partial charge in [-0.3, -0.25) is 19.2 Å². The van der Waals surface area contributed by atoms with Crippen molar-refractivity contribution < 1.29 is 19.2 Å². The Morgan fingerprint density at radius 2 is 1.00 bits per heavy atom. The van der Waals surface area contributed by atoms with E-state index >= 15 is 0 Å². The van der Waals surface area contributed by atoms with Gasteiger partial charge in [-0.05, 0) is 26.7 Å². The predicted molar refractivity (Wildman–Crippen MR) is 59.1 cm³/mol. The summed E-state index contributed by atoms with van der Waals surface area (Å²) in [5, 5.41) is 0. The second-order valence-corrected chi connectivity index (χ2v) is 4.04. The van der Waals surface area contributed by atoms with Crippen LogP contribution in [0.1, 0.15) is 52.4 Å². The molecular formula is C12H18O4. The number of carbonyl (C=O) groups excluding carboxylic acids is 4. The molecule has 0 amide bonds. The van der Waals surface area contributed by atoms with Gasteiger partial charge in [0.15, 0.2) is 0 Å². The van der Waals surface area contributed by atoms with Crippen LogP contribution in [0.4, 0.5) is 0 Å². The van der Waals surface area contributed by atoms with E-state index in [4.69, 9.17) is 0 Å². The van der Waals surface area contributed by atoms with Gasteiger partial charge < -0.3 is 0 Å². The first kappa shape index (κ1) is 14.7. The van der Waals surface area contributed by atoms with Crippen LogP contribution in [-0.4, -0.2) is 23.1 Å². The van der Waals surface area contributed by atoms with Gasteiger partial charge in [0, 0.05) is 12.8 Å². The fourth-order valence-corrected chi connectivity index (χ4v) is 1.38. The Bertz CT molecular complexity index is 261. The molecule has 0 bridgehead atoms. The van der Waals surface area contributed by atoms with Crippen LogP contribution in [0.25, 0.3) is 0 Å². The SMILES string of the molecule is CC(=O)CC(=O)CCCCC(=O)CC(C)=O. The fourth-order valence-electron chi connectivity index (χ4n) is 1.38. The molecule has 0 aromatic heterocycles. The van der Waals surface area contributed by atoms with E-state index in [0.29, 0.717) is 25.7 Å². The summed E-state index contributed by atoms with van der Waals surface area (Å²) in [7, 11) is 0. The summed E-state index contributed by atoms with van der Waals surface area (Å²) in [6, 6.07) is 0. The Kier molecular flexibility index (Phi) is 7.25. The number of ketones is 4. The van der Waals surface area contributed by atoms with E-state index < -0.39 is 0 Å². The molecule has 0 unspecified atom stereocenters. The summed E-state index contributed by atoms with van der Waals surface area (Å²) in [5.41, 5.74) is 0. The van der Waals surface area contributed by atoms with Crippen LogP contribution >= 0.6 is 0 Å². The largest absolute Gasteiger partial charge is 0.300 e. The quantitative estimate of drug-likeness (QED) is 0.442. The van der Waals surface area contributed by atoms with Crippen molar-refractivity contribution in [1.29, 1.82) is 0 Å². The summed E-state index contributed by atoms with van der Waals surface area (Å²) in [4.78, 5) is 43.4. The normalized spacial score (nSPS) is 9.88. The Morgan fingerprint density at radius 1 is 0.688 bits per heavy atom. The molecule has 4 heteroatoms. The molecule has 0 aliphatic heterocycles. The second kappa shape index (κ2) is 7.91. The minimum Gasteiger partial charge on any atom is -0.300 e. The Balaban J connectivity index is 3.53. The molecule has 16 heavy (non-hydrogen) atoms. The van der Waals surface area contributed by atoms with Crippen molar-refractivity contribution in [2.75, 3.05) is 0 Å². The standard InChI is InChI=1S/C12H18O4/c1-9(13)7-11(15)5-3-4-6-12(16)8-10(2)14/h3-8H2,1-2H3. The van der Waals surface area contributed by atoms with Gasteiger partial charge in [0.2, 0.25) is 0 Å². The van der Waals surface area contributed by atoms with Gasteiger partial charge in [-0.25, -0.2) is 0 Å². The number of hydrogen-bond acceptors (Lipinski definition) is 4. The van der Waals surface area contributed by atoms with Gasteiger partial charge in [0.05, 0.1) is 12.8 Å². The molecule has 0 atom stereocenters. The molecule has 90 valence electrons. The maximum Gasteiger partial charge on any atom is 0.140 e. The summed E-state index contributed by atoms with van der Waals surface area (Å²) in [5.74, 6) is -0.409. The first-order chi connectivity index (χ1) is 7.41. The van der Waals surface area contributed by atoms with Gasteiger partial charge in [-0.1, -0.05) is 0 Å². The highest BCUT2D eigenvalue weighted by atomic mass is 16.2. The van der Waals surface area contributed by atoms with Crippen LogP contribution in [0.3, 0.4) is 0 Å². The Hall–Kier alpha value is -1.32. The van der Waals surface area contributed by atoms with Gasteiger partial charge in [-0.2, -0.15) is 0 Å². The van der Waals surface area contributed by atoms with Crippen molar-refractivity contribution in [1.82, 2.24) is 0 Å². The van der Waals surface area contributed by atoms with Gasteiger partial charge in [0.1, 0.15) is 23.1 Å². The highest BCUT2D eigenvalue weighted by Gasteiger charge is 2.07. The zero-order chi connectivity index (χ0) is 12.6. The van der Waals surface area contributed by atoms with E-state index in [2.05, 4.69) is 0 Å². The molecule has 0 radical (unpaired) electrons. The molecule has 0 spiro atoms. The highest BCUT2D eigenvalue weighted by Crippen LogP contribution is 2.05. The third-order valence-electron chi connectivity index (χ3n) is 2.05. The van der Waals surface area contributed by atoms with E-state index in [1.807, 2.05) is 0 Å². The molecule has 0 fully saturated rings. The van der Waals surface area contributed by atoms with Crippen LogP contribution in [0, 0.1) is 0 Å². The van der Waals surface area contributed by atoms with Crippen molar-refractivity contribution in [2.24, 2.45) is 0 Å². The summed E-state index contributed by atoms with van der Waals surface area (Å²) < 4.78 is 0. The molecule has 0 saturated heterocycles. The fraction of sp³-hybridized carbons (Fsp3) is 0.667. The molecule has 0 rings (SSSR count). The lowest BCUT2D eigenvalue weighted by molar-refractivity contribution is -0.128. The average molecular weight is 226 g/mol. The minimum absolute atomic E-state index is 0.0125. The Labute approximate surface area is 95.4 Å². The lowest BCUT2D eigenvalue weighted by Crippen LogP contribution is -2.06. The van der Waals surface area contributed by atoms with Crippen molar-refractivity contribution in [2.45, 2.75) is 52.4 Å². The lowest BCUT2D eigenvalue weighted by atomic mass is 10.0. The lowest BCUT2D eigenvalue weighted by Gasteiger charge is -1.99. The average Bonchev–Trinajstić information content (AvgIpc) is 2.10. The number of rotatable bonds is 9. The predicted octanol–water partition coefficient (Wildman–Crippen LogP) is 1.64. The number of hydrogen-bond donors (Lipinski definition) is 0. The first-order valence-electron chi connectivity index (χ1n) is 5.44. The van der Waals surface area contributed by atoms with Crippen LogP contribution in [0.15, 0.2) is 0 Å². The van der Waals surface area contributed by atoms with Crippen LogP contribution in [0.2, 0.25) is 0 Å². The molecule has 0 saturated carbocycles. The van der Waals surface area contributed by atoms with Crippen molar-refractivity contribution in [3.63, 3.8) is 0 Å². The summed E-state index contributed by atoms with van der Waals surface area (Å²) in [6.45, 7) is 2.77. The molecular weight excluding hydrogens is 208 g/mol. The van der Waals surface area contributed by atoms with Crippen LogP contribution in [0.5, 0.6) is 0 Å². The van der Waals surface area contributed by atoms with E-state index in [0.717, 1.165) is 0 Å². The van der Waals surface area contributed by atoms with Crippen LogP contribution < -0.4 is 0 Å². The summed E-state index contributed by atoms with van der Waals surface area (Å²) in [6.07, 6.45) is 1.87. The maximum absolute atomic E-state index is 11.1.